The summed E-state index contributed by atoms with van der Waals surface area (Å²) in [6.45, 7) is 6.44. The smallest absolute Gasteiger partial charge is 0.125 e. The van der Waals surface area contributed by atoms with E-state index < -0.39 is 0 Å². The Morgan fingerprint density at radius 1 is 1.32 bits per heavy atom. The van der Waals surface area contributed by atoms with Gasteiger partial charge in [0.15, 0.2) is 0 Å². The van der Waals surface area contributed by atoms with Crippen molar-refractivity contribution < 1.29 is 4.39 Å². The van der Waals surface area contributed by atoms with E-state index >= 15 is 0 Å². The fourth-order valence-electron chi connectivity index (χ4n) is 2.65. The Labute approximate surface area is 119 Å². The number of likely N-dealkylation sites (tertiary alicyclic amines) is 1. The molecule has 1 fully saturated rings. The lowest BCUT2D eigenvalue weighted by Crippen LogP contribution is -2.42. The first-order valence-corrected chi connectivity index (χ1v) is 7.46. The van der Waals surface area contributed by atoms with Crippen LogP contribution in [-0.2, 0) is 6.54 Å². The summed E-state index contributed by atoms with van der Waals surface area (Å²) in [5.74, 6) is -0.262. The zero-order valence-electron chi connectivity index (χ0n) is 11.5. The van der Waals surface area contributed by atoms with E-state index in [0.29, 0.717) is 17.6 Å². The minimum Gasteiger partial charge on any atom is -0.310 e. The van der Waals surface area contributed by atoms with Crippen LogP contribution < -0.4 is 5.32 Å². The van der Waals surface area contributed by atoms with Crippen molar-refractivity contribution in [1.82, 2.24) is 10.2 Å². The molecule has 19 heavy (non-hydrogen) atoms. The Hall–Kier alpha value is -0.640. The molecule has 0 aromatic heterocycles. The first kappa shape index (κ1) is 14.8. The molecular formula is C15H22ClFN2. The largest absolute Gasteiger partial charge is 0.310 e. The highest BCUT2D eigenvalue weighted by Crippen LogP contribution is 2.15. The number of nitrogens with one attached hydrogen (secondary N) is 1. The van der Waals surface area contributed by atoms with E-state index in [1.165, 1.54) is 31.9 Å². The summed E-state index contributed by atoms with van der Waals surface area (Å²) in [6.07, 6.45) is 3.56. The van der Waals surface area contributed by atoms with E-state index in [1.54, 1.807) is 6.07 Å². The van der Waals surface area contributed by atoms with Crippen molar-refractivity contribution in [3.8, 4) is 0 Å². The first-order valence-electron chi connectivity index (χ1n) is 7.08. The first-order chi connectivity index (χ1) is 9.17. The van der Waals surface area contributed by atoms with Gasteiger partial charge in [0.1, 0.15) is 5.82 Å². The zero-order valence-corrected chi connectivity index (χ0v) is 12.2. The molecule has 0 saturated carbocycles. The predicted molar refractivity (Wildman–Crippen MR) is 78.0 cm³/mol. The molecule has 0 aliphatic carbocycles. The predicted octanol–water partition coefficient (Wildman–Crippen LogP) is 3.44. The lowest BCUT2D eigenvalue weighted by molar-refractivity contribution is 0.197. The fraction of sp³-hybridized carbons (Fsp3) is 0.600. The van der Waals surface area contributed by atoms with E-state index in [1.807, 2.05) is 6.07 Å². The third-order valence-electron chi connectivity index (χ3n) is 3.64. The van der Waals surface area contributed by atoms with Gasteiger partial charge in [-0.25, -0.2) is 4.39 Å². The van der Waals surface area contributed by atoms with Crippen molar-refractivity contribution >= 4 is 11.6 Å². The molecule has 0 atom stereocenters. The quantitative estimate of drug-likeness (QED) is 0.891. The summed E-state index contributed by atoms with van der Waals surface area (Å²) < 4.78 is 13.2. The topological polar surface area (TPSA) is 15.3 Å². The third kappa shape index (κ3) is 4.75. The average molecular weight is 285 g/mol. The standard InChI is InChI=1S/C15H22ClFN2/c1-2-5-19-6-3-15(4-7-19)18-11-12-8-13(16)10-14(17)9-12/h8-10,15,18H,2-7,11H2,1H3. The second-order valence-corrected chi connectivity index (χ2v) is 5.71. The summed E-state index contributed by atoms with van der Waals surface area (Å²) in [6, 6.07) is 5.25. The number of rotatable bonds is 5. The summed E-state index contributed by atoms with van der Waals surface area (Å²) in [7, 11) is 0. The minimum absolute atomic E-state index is 0.262. The van der Waals surface area contributed by atoms with Gasteiger partial charge in [0.05, 0.1) is 0 Å². The SMILES string of the molecule is CCCN1CCC(NCc2cc(F)cc(Cl)c2)CC1. The number of piperidine rings is 1. The summed E-state index contributed by atoms with van der Waals surface area (Å²) in [5.41, 5.74) is 0.918. The van der Waals surface area contributed by atoms with Gasteiger partial charge in [0, 0.05) is 17.6 Å². The van der Waals surface area contributed by atoms with Gasteiger partial charge in [-0.1, -0.05) is 18.5 Å². The van der Waals surface area contributed by atoms with Crippen molar-refractivity contribution in [2.45, 2.75) is 38.8 Å². The van der Waals surface area contributed by atoms with E-state index in [4.69, 9.17) is 11.6 Å². The number of nitrogens with zero attached hydrogens (tertiary/aromatic N) is 1. The van der Waals surface area contributed by atoms with Crippen molar-refractivity contribution in [3.05, 3.63) is 34.6 Å². The molecule has 0 unspecified atom stereocenters. The van der Waals surface area contributed by atoms with Gasteiger partial charge in [0.25, 0.3) is 0 Å². The second-order valence-electron chi connectivity index (χ2n) is 5.27. The highest BCUT2D eigenvalue weighted by molar-refractivity contribution is 6.30. The van der Waals surface area contributed by atoms with Crippen molar-refractivity contribution in [2.75, 3.05) is 19.6 Å². The van der Waals surface area contributed by atoms with E-state index in [0.717, 1.165) is 18.7 Å². The van der Waals surface area contributed by atoms with Gasteiger partial charge in [-0.2, -0.15) is 0 Å². The van der Waals surface area contributed by atoms with Crippen LogP contribution in [0.25, 0.3) is 0 Å². The van der Waals surface area contributed by atoms with Crippen LogP contribution >= 0.6 is 11.6 Å². The molecule has 1 heterocycles. The normalized spacial score (nSPS) is 17.8. The molecule has 4 heteroatoms. The van der Waals surface area contributed by atoms with Crippen molar-refractivity contribution in [3.63, 3.8) is 0 Å². The van der Waals surface area contributed by atoms with Crippen molar-refractivity contribution in [2.24, 2.45) is 0 Å². The summed E-state index contributed by atoms with van der Waals surface area (Å²) in [5, 5.41) is 3.97. The Bertz CT molecular complexity index is 383. The fourth-order valence-corrected chi connectivity index (χ4v) is 2.90. The molecule has 0 bridgehead atoms. The van der Waals surface area contributed by atoms with Gasteiger partial charge in [0.2, 0.25) is 0 Å². The van der Waals surface area contributed by atoms with Gasteiger partial charge >= 0.3 is 0 Å². The van der Waals surface area contributed by atoms with Crippen LogP contribution in [0.4, 0.5) is 4.39 Å². The lowest BCUT2D eigenvalue weighted by Gasteiger charge is -2.32. The molecule has 106 valence electrons. The van der Waals surface area contributed by atoms with Crippen molar-refractivity contribution in [1.29, 1.82) is 0 Å². The monoisotopic (exact) mass is 284 g/mol. The number of benzene rings is 1. The highest BCUT2D eigenvalue weighted by Gasteiger charge is 2.17. The third-order valence-corrected chi connectivity index (χ3v) is 3.86. The number of hydrogen-bond acceptors (Lipinski definition) is 2. The maximum absolute atomic E-state index is 13.2. The van der Waals surface area contributed by atoms with Crippen LogP contribution in [0.3, 0.4) is 0 Å². The lowest BCUT2D eigenvalue weighted by atomic mass is 10.0. The molecule has 2 nitrogen and oxygen atoms in total. The molecule has 1 aliphatic rings. The molecule has 2 rings (SSSR count). The molecule has 0 radical (unpaired) electrons. The number of halogens is 2. The summed E-state index contributed by atoms with van der Waals surface area (Å²) in [4.78, 5) is 2.51. The second kappa shape index (κ2) is 7.22. The molecule has 1 aliphatic heterocycles. The van der Waals surface area contributed by atoms with Gasteiger partial charge < -0.3 is 10.2 Å². The van der Waals surface area contributed by atoms with Crippen LogP contribution in [-0.4, -0.2) is 30.6 Å². The minimum atomic E-state index is -0.262. The van der Waals surface area contributed by atoms with Crippen LogP contribution in [0.5, 0.6) is 0 Å². The molecule has 1 aromatic rings. The summed E-state index contributed by atoms with van der Waals surface area (Å²) >= 11 is 5.85. The molecular weight excluding hydrogens is 263 g/mol. The van der Waals surface area contributed by atoms with Crippen LogP contribution in [0.2, 0.25) is 5.02 Å². The zero-order chi connectivity index (χ0) is 13.7. The van der Waals surface area contributed by atoms with Gasteiger partial charge in [-0.05, 0) is 62.7 Å². The Morgan fingerprint density at radius 2 is 2.05 bits per heavy atom. The molecule has 1 N–H and O–H groups in total. The molecule has 0 amide bonds. The molecule has 0 spiro atoms. The molecule has 1 saturated heterocycles. The van der Waals surface area contributed by atoms with Crippen LogP contribution in [0, 0.1) is 5.82 Å². The molecule has 1 aromatic carbocycles. The average Bonchev–Trinajstić information content (AvgIpc) is 2.37. The van der Waals surface area contributed by atoms with Gasteiger partial charge in [-0.15, -0.1) is 0 Å². The Kier molecular flexibility index (Phi) is 5.61. The number of hydrogen-bond donors (Lipinski definition) is 1. The Balaban J connectivity index is 1.77. The van der Waals surface area contributed by atoms with Gasteiger partial charge in [-0.3, -0.25) is 0 Å². The van der Waals surface area contributed by atoms with E-state index in [2.05, 4.69) is 17.1 Å². The van der Waals surface area contributed by atoms with Crippen LogP contribution in [0.1, 0.15) is 31.7 Å². The Morgan fingerprint density at radius 3 is 2.68 bits per heavy atom. The van der Waals surface area contributed by atoms with E-state index in [-0.39, 0.29) is 5.82 Å². The van der Waals surface area contributed by atoms with E-state index in [9.17, 15) is 4.39 Å². The highest BCUT2D eigenvalue weighted by atomic mass is 35.5. The maximum atomic E-state index is 13.2. The van der Waals surface area contributed by atoms with Crippen LogP contribution in [0.15, 0.2) is 18.2 Å². The maximum Gasteiger partial charge on any atom is 0.125 e.